The lowest BCUT2D eigenvalue weighted by molar-refractivity contribution is -0.247. The number of halogens is 2. The predicted octanol–water partition coefficient (Wildman–Crippen LogP) is 2.81. The maximum Gasteiger partial charge on any atom is 0.355 e. The largest absolute Gasteiger partial charge is 0.446 e. The van der Waals surface area contributed by atoms with Gasteiger partial charge in [0.05, 0.1) is 6.61 Å². The maximum atomic E-state index is 12.7. The Hall–Kier alpha value is -0.970. The molecule has 0 N–H and O–H groups in total. The van der Waals surface area contributed by atoms with Crippen LogP contribution in [0.5, 0.6) is 0 Å². The monoisotopic (exact) mass is 205 g/mol. The third-order valence-electron chi connectivity index (χ3n) is 1.83. The lowest BCUT2D eigenvalue weighted by Gasteiger charge is -2.13. The molecule has 1 heterocycles. The highest BCUT2D eigenvalue weighted by Gasteiger charge is 2.27. The highest BCUT2D eigenvalue weighted by atomic mass is 19.3. The standard InChI is InChI=1S/C9H13F2NO2/c1-4-9(10,11)13-5-8-6(2)14-7(3)12-8/h4-5H2,1-3H3. The maximum absolute atomic E-state index is 12.7. The van der Waals surface area contributed by atoms with Gasteiger partial charge in [-0.2, -0.15) is 8.78 Å². The molecule has 0 amide bonds. The van der Waals surface area contributed by atoms with Gasteiger partial charge in [0.15, 0.2) is 5.89 Å². The molecule has 0 fully saturated rings. The zero-order valence-electron chi connectivity index (χ0n) is 8.43. The minimum absolute atomic E-state index is 0.218. The lowest BCUT2D eigenvalue weighted by atomic mass is 10.4. The summed E-state index contributed by atoms with van der Waals surface area (Å²) >= 11 is 0. The van der Waals surface area contributed by atoms with Crippen LogP contribution >= 0.6 is 0 Å². The van der Waals surface area contributed by atoms with Crippen LogP contribution in [0, 0.1) is 13.8 Å². The van der Waals surface area contributed by atoms with E-state index >= 15 is 0 Å². The quantitative estimate of drug-likeness (QED) is 0.758. The molecule has 1 aromatic rings. The summed E-state index contributed by atoms with van der Waals surface area (Å²) in [5.41, 5.74) is 0.427. The van der Waals surface area contributed by atoms with Gasteiger partial charge in [0.1, 0.15) is 11.5 Å². The molecule has 0 spiro atoms. The van der Waals surface area contributed by atoms with Crippen LogP contribution in [0.15, 0.2) is 4.42 Å². The minimum Gasteiger partial charge on any atom is -0.446 e. The molecule has 0 aliphatic heterocycles. The van der Waals surface area contributed by atoms with Crippen molar-refractivity contribution >= 4 is 0 Å². The second kappa shape index (κ2) is 4.04. The van der Waals surface area contributed by atoms with Crippen molar-refractivity contribution in [1.82, 2.24) is 4.98 Å². The van der Waals surface area contributed by atoms with E-state index in [0.717, 1.165) is 0 Å². The highest BCUT2D eigenvalue weighted by Crippen LogP contribution is 2.22. The third kappa shape index (κ3) is 2.77. The first-order chi connectivity index (χ1) is 6.44. The zero-order chi connectivity index (χ0) is 10.8. The molecule has 1 rings (SSSR count). The topological polar surface area (TPSA) is 35.3 Å². The lowest BCUT2D eigenvalue weighted by Crippen LogP contribution is -2.19. The molecular formula is C9H13F2NO2. The van der Waals surface area contributed by atoms with Gasteiger partial charge in [0, 0.05) is 13.3 Å². The molecule has 1 aromatic heterocycles. The molecule has 0 aromatic carbocycles. The van der Waals surface area contributed by atoms with E-state index < -0.39 is 6.11 Å². The Morgan fingerprint density at radius 3 is 2.50 bits per heavy atom. The number of alkyl halides is 2. The SMILES string of the molecule is CCC(F)(F)OCc1nc(C)oc1C. The molecule has 0 saturated carbocycles. The van der Waals surface area contributed by atoms with Crippen molar-refractivity contribution in [2.45, 2.75) is 39.9 Å². The fraction of sp³-hybridized carbons (Fsp3) is 0.667. The average Bonchev–Trinajstić information content (AvgIpc) is 2.42. The van der Waals surface area contributed by atoms with E-state index in [1.807, 2.05) is 0 Å². The molecule has 0 atom stereocenters. The second-order valence-corrected chi connectivity index (χ2v) is 3.02. The van der Waals surface area contributed by atoms with Crippen LogP contribution in [0.4, 0.5) is 8.78 Å². The fourth-order valence-electron chi connectivity index (χ4n) is 0.982. The molecule has 0 aliphatic carbocycles. The zero-order valence-corrected chi connectivity index (χ0v) is 8.43. The van der Waals surface area contributed by atoms with E-state index in [-0.39, 0.29) is 13.0 Å². The summed E-state index contributed by atoms with van der Waals surface area (Å²) < 4.78 is 34.9. The molecule has 3 nitrogen and oxygen atoms in total. The Morgan fingerprint density at radius 2 is 2.07 bits per heavy atom. The van der Waals surface area contributed by atoms with E-state index in [0.29, 0.717) is 17.3 Å². The van der Waals surface area contributed by atoms with E-state index in [4.69, 9.17) is 4.42 Å². The van der Waals surface area contributed by atoms with Gasteiger partial charge in [-0.1, -0.05) is 6.92 Å². The minimum atomic E-state index is -3.08. The number of hydrogen-bond donors (Lipinski definition) is 0. The molecule has 80 valence electrons. The molecule has 0 saturated heterocycles. The summed E-state index contributed by atoms with van der Waals surface area (Å²) in [4.78, 5) is 3.92. The van der Waals surface area contributed by atoms with Crippen LogP contribution in [0.25, 0.3) is 0 Å². The van der Waals surface area contributed by atoms with Crippen LogP contribution in [0.1, 0.15) is 30.7 Å². The smallest absolute Gasteiger partial charge is 0.355 e. The van der Waals surface area contributed by atoms with Crippen molar-refractivity contribution in [3.63, 3.8) is 0 Å². The first-order valence-corrected chi connectivity index (χ1v) is 4.39. The van der Waals surface area contributed by atoms with E-state index in [9.17, 15) is 8.78 Å². The average molecular weight is 205 g/mol. The van der Waals surface area contributed by atoms with Gasteiger partial charge < -0.3 is 9.15 Å². The predicted molar refractivity (Wildman–Crippen MR) is 46.0 cm³/mol. The van der Waals surface area contributed by atoms with E-state index in [1.54, 1.807) is 13.8 Å². The Labute approximate surface area is 81.1 Å². The van der Waals surface area contributed by atoms with Gasteiger partial charge in [-0.3, -0.25) is 0 Å². The van der Waals surface area contributed by atoms with Gasteiger partial charge in [-0.05, 0) is 6.92 Å². The first-order valence-electron chi connectivity index (χ1n) is 4.39. The van der Waals surface area contributed by atoms with Gasteiger partial charge in [-0.15, -0.1) is 0 Å². The van der Waals surface area contributed by atoms with Crippen LogP contribution in [0.2, 0.25) is 0 Å². The number of aryl methyl sites for hydroxylation is 2. The number of oxazole rings is 1. The van der Waals surface area contributed by atoms with Gasteiger partial charge in [0.2, 0.25) is 0 Å². The Balaban J connectivity index is 2.58. The number of aromatic nitrogens is 1. The molecule has 0 unspecified atom stereocenters. The normalized spacial score (nSPS) is 12.1. The van der Waals surface area contributed by atoms with E-state index in [2.05, 4.69) is 9.72 Å². The summed E-state index contributed by atoms with van der Waals surface area (Å²) in [5, 5.41) is 0. The van der Waals surface area contributed by atoms with Crippen molar-refractivity contribution in [3.05, 3.63) is 17.3 Å². The van der Waals surface area contributed by atoms with Crippen LogP contribution < -0.4 is 0 Å². The van der Waals surface area contributed by atoms with Crippen LogP contribution in [-0.2, 0) is 11.3 Å². The van der Waals surface area contributed by atoms with E-state index in [1.165, 1.54) is 6.92 Å². The van der Waals surface area contributed by atoms with Crippen molar-refractivity contribution in [2.24, 2.45) is 0 Å². The molecule has 5 heteroatoms. The van der Waals surface area contributed by atoms with Gasteiger partial charge in [-0.25, -0.2) is 4.98 Å². The summed E-state index contributed by atoms with van der Waals surface area (Å²) in [6.45, 7) is 4.47. The fourth-order valence-corrected chi connectivity index (χ4v) is 0.982. The number of rotatable bonds is 4. The molecule has 14 heavy (non-hydrogen) atoms. The van der Waals surface area contributed by atoms with Crippen molar-refractivity contribution in [3.8, 4) is 0 Å². The number of ether oxygens (including phenoxy) is 1. The summed E-state index contributed by atoms with van der Waals surface area (Å²) in [6.07, 6.45) is -3.43. The Kier molecular flexibility index (Phi) is 3.21. The summed E-state index contributed by atoms with van der Waals surface area (Å²) in [5.74, 6) is 0.982. The van der Waals surface area contributed by atoms with Crippen LogP contribution in [-0.4, -0.2) is 11.1 Å². The molecule has 0 aliphatic rings. The number of nitrogens with zero attached hydrogens (tertiary/aromatic N) is 1. The van der Waals surface area contributed by atoms with Crippen molar-refractivity contribution in [1.29, 1.82) is 0 Å². The summed E-state index contributed by atoms with van der Waals surface area (Å²) in [6, 6.07) is 0. The highest BCUT2D eigenvalue weighted by molar-refractivity contribution is 5.06. The molecular weight excluding hydrogens is 192 g/mol. The Bertz CT molecular complexity index is 310. The molecule has 0 bridgehead atoms. The van der Waals surface area contributed by atoms with Gasteiger partial charge in [0.25, 0.3) is 0 Å². The summed E-state index contributed by atoms with van der Waals surface area (Å²) in [7, 11) is 0. The number of hydrogen-bond acceptors (Lipinski definition) is 3. The first kappa shape index (κ1) is 11.1. The third-order valence-corrected chi connectivity index (χ3v) is 1.83. The van der Waals surface area contributed by atoms with Gasteiger partial charge >= 0.3 is 6.11 Å². The van der Waals surface area contributed by atoms with Crippen molar-refractivity contribution in [2.75, 3.05) is 0 Å². The molecule has 0 radical (unpaired) electrons. The second-order valence-electron chi connectivity index (χ2n) is 3.02. The Morgan fingerprint density at radius 1 is 1.43 bits per heavy atom. The van der Waals surface area contributed by atoms with Crippen molar-refractivity contribution < 1.29 is 17.9 Å². The van der Waals surface area contributed by atoms with Crippen LogP contribution in [0.3, 0.4) is 0 Å².